The van der Waals surface area contributed by atoms with E-state index < -0.39 is 11.7 Å². The average Bonchev–Trinajstić information content (AvgIpc) is 2.66. The molecule has 1 N–H and O–H groups in total. The minimum absolute atomic E-state index is 0.164. The number of pyridine rings is 1. The molecule has 0 aliphatic carbocycles. The van der Waals surface area contributed by atoms with E-state index in [0.29, 0.717) is 32.7 Å². The van der Waals surface area contributed by atoms with Crippen molar-refractivity contribution in [3.63, 3.8) is 0 Å². The van der Waals surface area contributed by atoms with Crippen molar-refractivity contribution in [1.82, 2.24) is 15.2 Å². The predicted molar refractivity (Wildman–Crippen MR) is 91.7 cm³/mol. The van der Waals surface area contributed by atoms with Gasteiger partial charge in [0.2, 0.25) is 0 Å². The summed E-state index contributed by atoms with van der Waals surface area (Å²) in [7, 11) is 0. The van der Waals surface area contributed by atoms with Crippen LogP contribution in [0.5, 0.6) is 0 Å². The predicted octanol–water partition coefficient (Wildman–Crippen LogP) is 3.13. The van der Waals surface area contributed by atoms with E-state index in [0.717, 1.165) is 23.5 Å². The monoisotopic (exact) mass is 364 g/mol. The normalized spacial score (nSPS) is 15.0. The lowest BCUT2D eigenvalue weighted by molar-refractivity contribution is -0.137. The van der Waals surface area contributed by atoms with Crippen molar-refractivity contribution in [2.45, 2.75) is 12.7 Å². The van der Waals surface area contributed by atoms with Crippen molar-refractivity contribution < 1.29 is 18.0 Å². The highest BCUT2D eigenvalue weighted by atomic mass is 19.4. The number of carbonyl (C=O) groups is 1. The number of halogens is 3. The fourth-order valence-electron chi connectivity index (χ4n) is 2.81. The van der Waals surface area contributed by atoms with Gasteiger partial charge in [0, 0.05) is 38.1 Å². The molecule has 0 saturated carbocycles. The van der Waals surface area contributed by atoms with Crippen molar-refractivity contribution in [1.29, 1.82) is 0 Å². The quantitative estimate of drug-likeness (QED) is 0.910. The molecule has 0 bridgehead atoms. The Hall–Kier alpha value is -2.77. The van der Waals surface area contributed by atoms with Gasteiger partial charge in [0.05, 0.1) is 17.8 Å². The molecule has 1 aliphatic heterocycles. The zero-order chi connectivity index (χ0) is 18.6. The van der Waals surface area contributed by atoms with Crippen LogP contribution in [0.25, 0.3) is 0 Å². The van der Waals surface area contributed by atoms with Gasteiger partial charge in [0.15, 0.2) is 0 Å². The van der Waals surface area contributed by atoms with Crippen LogP contribution in [0.2, 0.25) is 0 Å². The molecule has 1 aliphatic rings. The topological polar surface area (TPSA) is 48.5 Å². The van der Waals surface area contributed by atoms with Gasteiger partial charge < -0.3 is 15.1 Å². The van der Waals surface area contributed by atoms with Gasteiger partial charge in [-0.15, -0.1) is 0 Å². The highest BCUT2D eigenvalue weighted by Gasteiger charge is 2.30. The molecule has 1 aromatic heterocycles. The minimum atomic E-state index is -4.33. The fraction of sp³-hybridized carbons (Fsp3) is 0.333. The summed E-state index contributed by atoms with van der Waals surface area (Å²) in [5.74, 6) is 0. The first-order valence-electron chi connectivity index (χ1n) is 8.28. The van der Waals surface area contributed by atoms with E-state index in [2.05, 4.69) is 10.3 Å². The summed E-state index contributed by atoms with van der Waals surface area (Å²) < 4.78 is 37.9. The molecule has 0 atom stereocenters. The molecule has 1 aromatic carbocycles. The van der Waals surface area contributed by atoms with E-state index in [1.54, 1.807) is 11.1 Å². The van der Waals surface area contributed by atoms with Gasteiger partial charge in [-0.3, -0.25) is 4.98 Å². The number of piperazine rings is 1. The number of amides is 2. The molecule has 2 heterocycles. The summed E-state index contributed by atoms with van der Waals surface area (Å²) in [6, 6.07) is 10.5. The highest BCUT2D eigenvalue weighted by molar-refractivity contribution is 5.74. The van der Waals surface area contributed by atoms with Gasteiger partial charge >= 0.3 is 12.2 Å². The number of carbonyl (C=O) groups excluding carboxylic acids is 1. The van der Waals surface area contributed by atoms with Gasteiger partial charge in [-0.2, -0.15) is 13.2 Å². The molecular formula is C18H19F3N4O. The molecule has 0 radical (unpaired) electrons. The summed E-state index contributed by atoms with van der Waals surface area (Å²) in [4.78, 5) is 20.0. The maximum Gasteiger partial charge on any atom is 0.416 e. The first-order valence-corrected chi connectivity index (χ1v) is 8.28. The van der Waals surface area contributed by atoms with Crippen LogP contribution in [0.4, 0.5) is 23.7 Å². The van der Waals surface area contributed by atoms with Crippen LogP contribution in [0.15, 0.2) is 48.7 Å². The second-order valence-electron chi connectivity index (χ2n) is 6.00. The van der Waals surface area contributed by atoms with Crippen LogP contribution in [0.1, 0.15) is 11.3 Å². The minimum Gasteiger partial charge on any atom is -0.368 e. The van der Waals surface area contributed by atoms with Crippen molar-refractivity contribution in [3.05, 3.63) is 59.9 Å². The zero-order valence-electron chi connectivity index (χ0n) is 14.0. The second kappa shape index (κ2) is 7.63. The maximum absolute atomic E-state index is 12.6. The maximum atomic E-state index is 12.6. The van der Waals surface area contributed by atoms with Gasteiger partial charge in [0.25, 0.3) is 0 Å². The Kier molecular flexibility index (Phi) is 5.29. The van der Waals surface area contributed by atoms with E-state index in [9.17, 15) is 18.0 Å². The molecule has 138 valence electrons. The van der Waals surface area contributed by atoms with Gasteiger partial charge in [-0.05, 0) is 36.4 Å². The standard InChI is InChI=1S/C18H19F3N4O/c19-18(20,21)14-4-6-16(7-5-14)24-9-11-25(12-10-24)17(26)23-13-15-3-1-2-8-22-15/h1-8H,9-13H2,(H,23,26). The number of urea groups is 1. The average molecular weight is 364 g/mol. The largest absolute Gasteiger partial charge is 0.416 e. The molecule has 26 heavy (non-hydrogen) atoms. The van der Waals surface area contributed by atoms with Gasteiger partial charge in [-0.25, -0.2) is 4.79 Å². The number of benzene rings is 1. The Morgan fingerprint density at radius 2 is 1.73 bits per heavy atom. The Bertz CT molecular complexity index is 726. The molecule has 2 amide bonds. The molecule has 0 spiro atoms. The van der Waals surface area contributed by atoms with Crippen LogP contribution in [0.3, 0.4) is 0 Å². The molecule has 1 saturated heterocycles. The Morgan fingerprint density at radius 1 is 1.04 bits per heavy atom. The smallest absolute Gasteiger partial charge is 0.368 e. The third-order valence-electron chi connectivity index (χ3n) is 4.27. The van der Waals surface area contributed by atoms with Crippen LogP contribution >= 0.6 is 0 Å². The van der Waals surface area contributed by atoms with E-state index in [-0.39, 0.29) is 6.03 Å². The third kappa shape index (κ3) is 4.44. The summed E-state index contributed by atoms with van der Waals surface area (Å²) >= 11 is 0. The zero-order valence-corrected chi connectivity index (χ0v) is 14.0. The highest BCUT2D eigenvalue weighted by Crippen LogP contribution is 2.30. The number of hydrogen-bond acceptors (Lipinski definition) is 3. The number of aromatic nitrogens is 1. The van der Waals surface area contributed by atoms with Gasteiger partial charge in [0.1, 0.15) is 0 Å². The number of nitrogens with zero attached hydrogens (tertiary/aromatic N) is 3. The second-order valence-corrected chi connectivity index (χ2v) is 6.00. The van der Waals surface area contributed by atoms with Gasteiger partial charge in [-0.1, -0.05) is 6.07 Å². The first-order chi connectivity index (χ1) is 12.4. The van der Waals surface area contributed by atoms with E-state index >= 15 is 0 Å². The molecule has 1 fully saturated rings. The summed E-state index contributed by atoms with van der Waals surface area (Å²) in [5, 5.41) is 2.83. The lowest BCUT2D eigenvalue weighted by Crippen LogP contribution is -2.51. The number of rotatable bonds is 3. The summed E-state index contributed by atoms with van der Waals surface area (Å²) in [5.41, 5.74) is 0.851. The molecule has 8 heteroatoms. The van der Waals surface area contributed by atoms with Crippen LogP contribution in [0, 0.1) is 0 Å². The molecular weight excluding hydrogens is 345 g/mol. The lowest BCUT2D eigenvalue weighted by Gasteiger charge is -2.36. The number of alkyl halides is 3. The van der Waals surface area contributed by atoms with Crippen molar-refractivity contribution in [2.75, 3.05) is 31.1 Å². The third-order valence-corrected chi connectivity index (χ3v) is 4.27. The van der Waals surface area contributed by atoms with Crippen molar-refractivity contribution in [3.8, 4) is 0 Å². The number of anilines is 1. The van der Waals surface area contributed by atoms with Crippen LogP contribution in [-0.2, 0) is 12.7 Å². The molecule has 0 unspecified atom stereocenters. The number of nitrogens with one attached hydrogen (secondary N) is 1. The van der Waals surface area contributed by atoms with Crippen molar-refractivity contribution in [2.24, 2.45) is 0 Å². The Morgan fingerprint density at radius 3 is 2.31 bits per heavy atom. The fourth-order valence-corrected chi connectivity index (χ4v) is 2.81. The Balaban J connectivity index is 1.50. The van der Waals surface area contributed by atoms with E-state index in [1.165, 1.54) is 12.1 Å². The summed E-state index contributed by atoms with van der Waals surface area (Å²) in [6.45, 7) is 2.52. The number of hydrogen-bond donors (Lipinski definition) is 1. The molecule has 3 rings (SSSR count). The van der Waals surface area contributed by atoms with Crippen LogP contribution in [-0.4, -0.2) is 42.1 Å². The van der Waals surface area contributed by atoms with E-state index in [1.807, 2.05) is 23.1 Å². The van der Waals surface area contributed by atoms with Crippen molar-refractivity contribution >= 4 is 11.7 Å². The first kappa shape index (κ1) is 18.0. The van der Waals surface area contributed by atoms with Crippen LogP contribution < -0.4 is 10.2 Å². The SMILES string of the molecule is O=C(NCc1ccccn1)N1CCN(c2ccc(C(F)(F)F)cc2)CC1. The molecule has 2 aromatic rings. The summed E-state index contributed by atoms with van der Waals surface area (Å²) in [6.07, 6.45) is -2.66. The van der Waals surface area contributed by atoms with E-state index in [4.69, 9.17) is 0 Å². The molecule has 5 nitrogen and oxygen atoms in total. The Labute approximate surface area is 149 Å². The lowest BCUT2D eigenvalue weighted by atomic mass is 10.1.